The fraction of sp³-hybridized carbons (Fsp3) is 0.706. The van der Waals surface area contributed by atoms with E-state index < -0.39 is 0 Å². The fourth-order valence-electron chi connectivity index (χ4n) is 4.05. The van der Waals surface area contributed by atoms with Gasteiger partial charge in [0.05, 0.1) is 0 Å². The topological polar surface area (TPSA) is 17.1 Å². The van der Waals surface area contributed by atoms with Gasteiger partial charge in [0.25, 0.3) is 0 Å². The third-order valence-corrected chi connectivity index (χ3v) is 6.24. The van der Waals surface area contributed by atoms with E-state index in [9.17, 15) is 4.79 Å². The molecule has 0 amide bonds. The van der Waals surface area contributed by atoms with Crippen LogP contribution >= 0.6 is 11.3 Å². The molecular formula is C17H24OS. The zero-order valence-electron chi connectivity index (χ0n) is 12.1. The molecule has 1 fully saturated rings. The van der Waals surface area contributed by atoms with Crippen LogP contribution in [-0.4, -0.2) is 5.78 Å². The van der Waals surface area contributed by atoms with Crippen LogP contribution in [-0.2, 0) is 11.2 Å². The number of hydrogen-bond acceptors (Lipinski definition) is 2. The van der Waals surface area contributed by atoms with Crippen molar-refractivity contribution in [2.75, 3.05) is 0 Å². The van der Waals surface area contributed by atoms with Crippen molar-refractivity contribution in [3.63, 3.8) is 0 Å². The summed E-state index contributed by atoms with van der Waals surface area (Å²) in [6, 6.07) is 2.21. The van der Waals surface area contributed by atoms with Crippen molar-refractivity contribution in [3.8, 4) is 0 Å². The average molecular weight is 276 g/mol. The standard InChI is InChI=1S/C17H24OS/c1-17(2)10-4-3-7-14(17)16(18)13-6-5-8-15-12(13)9-11-19-15/h9,11,13-14H,3-8,10H2,1-2H3. The highest BCUT2D eigenvalue weighted by molar-refractivity contribution is 7.10. The Morgan fingerprint density at radius 3 is 2.89 bits per heavy atom. The first kappa shape index (κ1) is 13.4. The molecule has 1 saturated carbocycles. The molecule has 1 aromatic heterocycles. The third kappa shape index (κ3) is 2.40. The van der Waals surface area contributed by atoms with E-state index in [-0.39, 0.29) is 17.3 Å². The first-order valence-electron chi connectivity index (χ1n) is 7.69. The van der Waals surface area contributed by atoms with Gasteiger partial charge < -0.3 is 0 Å². The predicted molar refractivity (Wildman–Crippen MR) is 80.7 cm³/mol. The second-order valence-corrected chi connectivity index (χ2v) is 7.93. The van der Waals surface area contributed by atoms with Crippen LogP contribution < -0.4 is 0 Å². The van der Waals surface area contributed by atoms with Crippen LogP contribution in [0.1, 0.15) is 68.7 Å². The monoisotopic (exact) mass is 276 g/mol. The lowest BCUT2D eigenvalue weighted by Gasteiger charge is -2.39. The van der Waals surface area contributed by atoms with Crippen molar-refractivity contribution in [3.05, 3.63) is 21.9 Å². The maximum absolute atomic E-state index is 13.0. The van der Waals surface area contributed by atoms with Gasteiger partial charge in [0.15, 0.2) is 0 Å². The molecule has 0 bridgehead atoms. The van der Waals surface area contributed by atoms with E-state index in [0.29, 0.717) is 5.78 Å². The first-order valence-corrected chi connectivity index (χ1v) is 8.57. The van der Waals surface area contributed by atoms with E-state index in [4.69, 9.17) is 0 Å². The number of aryl methyl sites for hydroxylation is 1. The minimum Gasteiger partial charge on any atom is -0.299 e. The van der Waals surface area contributed by atoms with Gasteiger partial charge in [-0.05, 0) is 54.5 Å². The average Bonchev–Trinajstić information content (AvgIpc) is 2.85. The van der Waals surface area contributed by atoms with Gasteiger partial charge in [-0.2, -0.15) is 0 Å². The summed E-state index contributed by atoms with van der Waals surface area (Å²) in [6.07, 6.45) is 8.32. The highest BCUT2D eigenvalue weighted by Gasteiger charge is 2.41. The number of thiophene rings is 1. The smallest absolute Gasteiger partial charge is 0.143 e. The Hall–Kier alpha value is -0.630. The summed E-state index contributed by atoms with van der Waals surface area (Å²) in [6.45, 7) is 4.60. The Bertz CT molecular complexity index is 471. The van der Waals surface area contributed by atoms with E-state index in [2.05, 4.69) is 25.3 Å². The molecule has 2 heteroatoms. The van der Waals surface area contributed by atoms with Crippen LogP contribution in [0, 0.1) is 11.3 Å². The lowest BCUT2D eigenvalue weighted by atomic mass is 9.64. The molecular weight excluding hydrogens is 252 g/mol. The van der Waals surface area contributed by atoms with Crippen molar-refractivity contribution < 1.29 is 4.79 Å². The number of carbonyl (C=O) groups excluding carboxylic acids is 1. The Kier molecular flexibility index (Phi) is 3.55. The molecule has 1 aromatic rings. The van der Waals surface area contributed by atoms with Crippen LogP contribution in [0.15, 0.2) is 11.4 Å². The number of carbonyl (C=O) groups is 1. The third-order valence-electron chi connectivity index (χ3n) is 5.25. The molecule has 0 aliphatic heterocycles. The summed E-state index contributed by atoms with van der Waals surface area (Å²) in [4.78, 5) is 14.5. The molecule has 3 rings (SSSR count). The van der Waals surface area contributed by atoms with Gasteiger partial charge in [0.2, 0.25) is 0 Å². The van der Waals surface area contributed by atoms with Gasteiger partial charge in [-0.15, -0.1) is 11.3 Å². The zero-order chi connectivity index (χ0) is 13.5. The van der Waals surface area contributed by atoms with E-state index in [1.54, 1.807) is 0 Å². The van der Waals surface area contributed by atoms with Gasteiger partial charge >= 0.3 is 0 Å². The maximum atomic E-state index is 13.0. The number of fused-ring (bicyclic) bond motifs is 1. The number of hydrogen-bond donors (Lipinski definition) is 0. The molecule has 1 nitrogen and oxygen atoms in total. The van der Waals surface area contributed by atoms with Gasteiger partial charge in [-0.1, -0.05) is 26.7 Å². The molecule has 1 heterocycles. The minimum atomic E-state index is 0.206. The molecule has 0 N–H and O–H groups in total. The summed E-state index contributed by atoms with van der Waals surface area (Å²) in [5.74, 6) is 1.04. The summed E-state index contributed by atoms with van der Waals surface area (Å²) < 4.78 is 0. The lowest BCUT2D eigenvalue weighted by Crippen LogP contribution is -2.37. The maximum Gasteiger partial charge on any atom is 0.143 e. The number of ketones is 1. The number of Topliss-reactive ketones (excluding diaryl/α,β-unsaturated/α-hetero) is 1. The van der Waals surface area contributed by atoms with Crippen molar-refractivity contribution in [1.82, 2.24) is 0 Å². The predicted octanol–water partition coefficient (Wildman–Crippen LogP) is 4.95. The molecule has 104 valence electrons. The Morgan fingerprint density at radius 1 is 1.26 bits per heavy atom. The summed E-state index contributed by atoms with van der Waals surface area (Å²) in [7, 11) is 0. The van der Waals surface area contributed by atoms with E-state index in [0.717, 1.165) is 12.8 Å². The molecule has 2 atom stereocenters. The summed E-state index contributed by atoms with van der Waals surface area (Å²) in [5, 5.41) is 2.17. The van der Waals surface area contributed by atoms with Crippen LogP contribution in [0.25, 0.3) is 0 Å². The molecule has 0 aromatic carbocycles. The highest BCUT2D eigenvalue weighted by atomic mass is 32.1. The SMILES string of the molecule is CC1(C)CCCCC1C(=O)C1CCCc2sccc21. The second-order valence-electron chi connectivity index (χ2n) is 6.93. The number of rotatable bonds is 2. The second kappa shape index (κ2) is 5.05. The van der Waals surface area contributed by atoms with Crippen molar-refractivity contribution in [1.29, 1.82) is 0 Å². The molecule has 0 radical (unpaired) electrons. The molecule has 2 unspecified atom stereocenters. The van der Waals surface area contributed by atoms with Gasteiger partial charge in [0.1, 0.15) is 5.78 Å². The Balaban J connectivity index is 1.85. The van der Waals surface area contributed by atoms with E-state index >= 15 is 0 Å². The molecule has 0 spiro atoms. The van der Waals surface area contributed by atoms with Gasteiger partial charge in [0, 0.05) is 16.7 Å². The van der Waals surface area contributed by atoms with E-state index in [1.165, 1.54) is 42.5 Å². The molecule has 0 saturated heterocycles. The Morgan fingerprint density at radius 2 is 2.11 bits per heavy atom. The normalized spacial score (nSPS) is 29.8. The molecule has 2 aliphatic carbocycles. The van der Waals surface area contributed by atoms with Crippen LogP contribution in [0.2, 0.25) is 0 Å². The van der Waals surface area contributed by atoms with Crippen LogP contribution in [0.5, 0.6) is 0 Å². The first-order chi connectivity index (χ1) is 9.09. The fourth-order valence-corrected chi connectivity index (χ4v) is 5.03. The quantitative estimate of drug-likeness (QED) is 0.746. The van der Waals surface area contributed by atoms with Crippen molar-refractivity contribution in [2.45, 2.75) is 64.7 Å². The zero-order valence-corrected chi connectivity index (χ0v) is 12.9. The van der Waals surface area contributed by atoms with Gasteiger partial charge in [-0.25, -0.2) is 0 Å². The molecule has 2 aliphatic rings. The minimum absolute atomic E-state index is 0.206. The van der Waals surface area contributed by atoms with Crippen LogP contribution in [0.4, 0.5) is 0 Å². The summed E-state index contributed by atoms with van der Waals surface area (Å²) >= 11 is 1.84. The highest BCUT2D eigenvalue weighted by Crippen LogP contribution is 2.46. The van der Waals surface area contributed by atoms with Crippen molar-refractivity contribution >= 4 is 17.1 Å². The lowest BCUT2D eigenvalue weighted by molar-refractivity contribution is -0.129. The largest absolute Gasteiger partial charge is 0.299 e. The molecule has 19 heavy (non-hydrogen) atoms. The summed E-state index contributed by atoms with van der Waals surface area (Å²) in [5.41, 5.74) is 1.57. The van der Waals surface area contributed by atoms with Gasteiger partial charge in [-0.3, -0.25) is 4.79 Å². The Labute approximate surface area is 120 Å². The van der Waals surface area contributed by atoms with Crippen LogP contribution in [0.3, 0.4) is 0 Å². The van der Waals surface area contributed by atoms with Crippen molar-refractivity contribution in [2.24, 2.45) is 11.3 Å². The van der Waals surface area contributed by atoms with E-state index in [1.807, 2.05) is 11.3 Å².